The number of nitrogens with zero attached hydrogens (tertiary/aromatic N) is 1. The van der Waals surface area contributed by atoms with E-state index in [1.165, 1.54) is 12.8 Å². The number of hydrogen-bond acceptors (Lipinski definition) is 2. The van der Waals surface area contributed by atoms with Gasteiger partial charge >= 0.3 is 0 Å². The molecule has 0 radical (unpaired) electrons. The highest BCUT2D eigenvalue weighted by Crippen LogP contribution is 2.44. The van der Waals surface area contributed by atoms with Crippen molar-refractivity contribution in [1.29, 1.82) is 0 Å². The van der Waals surface area contributed by atoms with Crippen LogP contribution in [0.1, 0.15) is 44.3 Å². The Kier molecular flexibility index (Phi) is 4.54. The maximum atomic E-state index is 10.9. The zero-order valence-electron chi connectivity index (χ0n) is 12.1. The Morgan fingerprint density at radius 2 is 1.84 bits per heavy atom. The second kappa shape index (κ2) is 5.82. The fraction of sp³-hybridized carbons (Fsp3) is 0.625. The van der Waals surface area contributed by atoms with Gasteiger partial charge in [0, 0.05) is 10.6 Å². The second-order valence-corrected chi connectivity index (χ2v) is 6.51. The van der Waals surface area contributed by atoms with Crippen molar-refractivity contribution in [2.24, 2.45) is 5.92 Å². The monoisotopic (exact) mass is 281 g/mol. The molecule has 1 aromatic rings. The largest absolute Gasteiger partial charge is 0.386 e. The minimum Gasteiger partial charge on any atom is -0.386 e. The topological polar surface area (TPSA) is 23.5 Å². The summed E-state index contributed by atoms with van der Waals surface area (Å²) >= 11 is 6.26. The molecule has 1 N–H and O–H groups in total. The van der Waals surface area contributed by atoms with Gasteiger partial charge in [-0.15, -0.1) is 0 Å². The zero-order valence-corrected chi connectivity index (χ0v) is 12.8. The summed E-state index contributed by atoms with van der Waals surface area (Å²) in [5, 5.41) is 11.6. The van der Waals surface area contributed by atoms with Crippen molar-refractivity contribution in [2.45, 2.75) is 44.2 Å². The molecule has 3 heteroatoms. The van der Waals surface area contributed by atoms with Crippen LogP contribution < -0.4 is 0 Å². The molecular weight excluding hydrogens is 258 g/mol. The Morgan fingerprint density at radius 1 is 1.26 bits per heavy atom. The third-order valence-corrected chi connectivity index (χ3v) is 5.08. The van der Waals surface area contributed by atoms with E-state index in [0.717, 1.165) is 24.3 Å². The smallest absolute Gasteiger partial charge is 0.0987 e. The van der Waals surface area contributed by atoms with Gasteiger partial charge in [-0.2, -0.15) is 0 Å². The van der Waals surface area contributed by atoms with Gasteiger partial charge in [-0.25, -0.2) is 0 Å². The first-order chi connectivity index (χ1) is 8.97. The molecule has 0 heterocycles. The van der Waals surface area contributed by atoms with E-state index in [1.807, 2.05) is 24.3 Å². The van der Waals surface area contributed by atoms with Gasteiger partial charge in [-0.05, 0) is 51.8 Å². The van der Waals surface area contributed by atoms with Gasteiger partial charge in [-0.3, -0.25) is 0 Å². The van der Waals surface area contributed by atoms with Crippen molar-refractivity contribution in [3.8, 4) is 0 Å². The van der Waals surface area contributed by atoms with E-state index in [9.17, 15) is 5.11 Å². The van der Waals surface area contributed by atoms with Crippen LogP contribution in [0.15, 0.2) is 24.3 Å². The van der Waals surface area contributed by atoms with E-state index >= 15 is 0 Å². The Hall–Kier alpha value is -0.570. The van der Waals surface area contributed by atoms with E-state index in [0.29, 0.717) is 5.02 Å². The molecule has 2 rings (SSSR count). The van der Waals surface area contributed by atoms with E-state index in [-0.39, 0.29) is 5.54 Å². The van der Waals surface area contributed by atoms with Crippen LogP contribution in [-0.2, 0) is 0 Å². The minimum atomic E-state index is -0.524. The van der Waals surface area contributed by atoms with Crippen LogP contribution in [0, 0.1) is 5.92 Å². The molecule has 1 aliphatic rings. The van der Waals surface area contributed by atoms with E-state index < -0.39 is 6.10 Å². The highest BCUT2D eigenvalue weighted by molar-refractivity contribution is 6.31. The van der Waals surface area contributed by atoms with Crippen molar-refractivity contribution >= 4 is 11.6 Å². The summed E-state index contributed by atoms with van der Waals surface area (Å²) in [7, 11) is 4.13. The summed E-state index contributed by atoms with van der Waals surface area (Å²) in [6.45, 7) is 2.29. The molecule has 106 valence electrons. The molecule has 1 atom stereocenters. The molecule has 0 aromatic heterocycles. The van der Waals surface area contributed by atoms with Crippen LogP contribution in [0.3, 0.4) is 0 Å². The van der Waals surface area contributed by atoms with Gasteiger partial charge in [0.15, 0.2) is 0 Å². The van der Waals surface area contributed by atoms with Crippen LogP contribution in [0.25, 0.3) is 0 Å². The fourth-order valence-electron chi connectivity index (χ4n) is 3.21. The van der Waals surface area contributed by atoms with Crippen molar-refractivity contribution < 1.29 is 5.11 Å². The van der Waals surface area contributed by atoms with E-state index in [2.05, 4.69) is 25.9 Å². The fourth-order valence-corrected chi connectivity index (χ4v) is 3.45. The third-order valence-electron chi connectivity index (χ3n) is 4.74. The molecule has 0 aliphatic heterocycles. The normalized spacial score (nSPS) is 29.5. The van der Waals surface area contributed by atoms with Crippen LogP contribution in [0.2, 0.25) is 5.02 Å². The summed E-state index contributed by atoms with van der Waals surface area (Å²) in [4.78, 5) is 2.19. The molecule has 1 aromatic carbocycles. The number of benzene rings is 1. The lowest BCUT2D eigenvalue weighted by Crippen LogP contribution is -2.51. The Balaban J connectivity index is 2.32. The molecule has 0 amide bonds. The molecular formula is C16H24ClNO. The van der Waals surface area contributed by atoms with Crippen molar-refractivity contribution in [2.75, 3.05) is 14.1 Å². The SMILES string of the molecule is CC1CCC(C(O)c2ccccc2Cl)(N(C)C)CC1. The maximum absolute atomic E-state index is 10.9. The Bertz CT molecular complexity index is 425. The molecule has 0 saturated heterocycles. The molecule has 0 bridgehead atoms. The third kappa shape index (κ3) is 2.81. The average Bonchev–Trinajstić information content (AvgIpc) is 2.39. The van der Waals surface area contributed by atoms with Crippen LogP contribution in [0.4, 0.5) is 0 Å². The molecule has 2 nitrogen and oxygen atoms in total. The van der Waals surface area contributed by atoms with Crippen LogP contribution in [-0.4, -0.2) is 29.6 Å². The Morgan fingerprint density at radius 3 is 2.37 bits per heavy atom. The Labute approximate surface area is 121 Å². The summed E-state index contributed by atoms with van der Waals surface area (Å²) in [5.74, 6) is 0.756. The number of aliphatic hydroxyl groups is 1. The molecule has 19 heavy (non-hydrogen) atoms. The number of halogens is 1. The zero-order chi connectivity index (χ0) is 14.0. The van der Waals surface area contributed by atoms with Crippen molar-refractivity contribution in [1.82, 2.24) is 4.90 Å². The van der Waals surface area contributed by atoms with Gasteiger partial charge in [0.05, 0.1) is 11.6 Å². The standard InChI is InChI=1S/C16H24ClNO/c1-12-8-10-16(11-9-12,18(2)3)15(19)13-6-4-5-7-14(13)17/h4-7,12,15,19H,8-11H2,1-3H3. The van der Waals surface area contributed by atoms with Crippen molar-refractivity contribution in [3.63, 3.8) is 0 Å². The lowest BCUT2D eigenvalue weighted by atomic mass is 9.71. The predicted octanol–water partition coefficient (Wildman–Crippen LogP) is 3.88. The number of likely N-dealkylation sites (N-methyl/N-ethyl adjacent to an activating group) is 1. The van der Waals surface area contributed by atoms with Gasteiger partial charge < -0.3 is 10.0 Å². The van der Waals surface area contributed by atoms with Crippen LogP contribution in [0.5, 0.6) is 0 Å². The molecule has 1 fully saturated rings. The van der Waals surface area contributed by atoms with Crippen molar-refractivity contribution in [3.05, 3.63) is 34.9 Å². The molecule has 1 saturated carbocycles. The molecule has 1 unspecified atom stereocenters. The summed E-state index contributed by atoms with van der Waals surface area (Å²) in [6, 6.07) is 7.65. The highest BCUT2D eigenvalue weighted by Gasteiger charge is 2.43. The quantitative estimate of drug-likeness (QED) is 0.909. The minimum absolute atomic E-state index is 0.183. The van der Waals surface area contributed by atoms with Crippen LogP contribution >= 0.6 is 11.6 Å². The first-order valence-electron chi connectivity index (χ1n) is 7.07. The number of aliphatic hydroxyl groups excluding tert-OH is 1. The van der Waals surface area contributed by atoms with Gasteiger partial charge in [0.2, 0.25) is 0 Å². The molecule has 1 aliphatic carbocycles. The number of hydrogen-bond donors (Lipinski definition) is 1. The van der Waals surface area contributed by atoms with E-state index in [4.69, 9.17) is 11.6 Å². The van der Waals surface area contributed by atoms with Gasteiger partial charge in [0.1, 0.15) is 0 Å². The maximum Gasteiger partial charge on any atom is 0.0987 e. The summed E-state index contributed by atoms with van der Waals surface area (Å²) < 4.78 is 0. The summed E-state index contributed by atoms with van der Waals surface area (Å²) in [6.07, 6.45) is 3.85. The first-order valence-corrected chi connectivity index (χ1v) is 7.45. The summed E-state index contributed by atoms with van der Waals surface area (Å²) in [5.41, 5.74) is 0.671. The second-order valence-electron chi connectivity index (χ2n) is 6.10. The van der Waals surface area contributed by atoms with E-state index in [1.54, 1.807) is 0 Å². The predicted molar refractivity (Wildman–Crippen MR) is 80.5 cm³/mol. The van der Waals surface area contributed by atoms with Gasteiger partial charge in [0.25, 0.3) is 0 Å². The first kappa shape index (κ1) is 14.8. The lowest BCUT2D eigenvalue weighted by Gasteiger charge is -2.48. The lowest BCUT2D eigenvalue weighted by molar-refractivity contribution is -0.0407. The average molecular weight is 282 g/mol. The number of rotatable bonds is 3. The molecule has 0 spiro atoms. The van der Waals surface area contributed by atoms with Gasteiger partial charge in [-0.1, -0.05) is 36.7 Å². The highest BCUT2D eigenvalue weighted by atomic mass is 35.5.